The molecule has 0 saturated heterocycles. The van der Waals surface area contributed by atoms with Crippen molar-refractivity contribution >= 4 is 23.0 Å². The zero-order chi connectivity index (χ0) is 15.6. The fourth-order valence-electron chi connectivity index (χ4n) is 3.16. The zero-order valence-electron chi connectivity index (χ0n) is 13.5. The molecule has 1 aromatic rings. The maximum atomic E-state index is 5.96. The van der Waals surface area contributed by atoms with E-state index in [-0.39, 0.29) is 0 Å². The van der Waals surface area contributed by atoms with E-state index in [0.29, 0.717) is 11.0 Å². The Morgan fingerprint density at radius 3 is 2.71 bits per heavy atom. The summed E-state index contributed by atoms with van der Waals surface area (Å²) in [6.07, 6.45) is 3.35. The van der Waals surface area contributed by atoms with E-state index in [4.69, 9.17) is 22.9 Å². The van der Waals surface area contributed by atoms with Gasteiger partial charge in [0.1, 0.15) is 10.8 Å². The number of anilines is 1. The minimum atomic E-state index is 0.366. The van der Waals surface area contributed by atoms with Crippen molar-refractivity contribution in [3.63, 3.8) is 0 Å². The van der Waals surface area contributed by atoms with Crippen LogP contribution in [-0.2, 0) is 12.8 Å². The number of rotatable bonds is 6. The van der Waals surface area contributed by atoms with Crippen LogP contribution in [0.4, 0.5) is 5.82 Å². The Hall–Kier alpha value is -1.20. The molecular weight excluding hydrogens is 280 g/mol. The highest BCUT2D eigenvalue weighted by atomic mass is 32.1. The van der Waals surface area contributed by atoms with Crippen molar-refractivity contribution < 1.29 is 0 Å². The zero-order valence-corrected chi connectivity index (χ0v) is 14.3. The van der Waals surface area contributed by atoms with E-state index >= 15 is 0 Å². The first-order chi connectivity index (χ1) is 9.93. The normalized spacial score (nSPS) is 15.1. The molecule has 2 rings (SSSR count). The van der Waals surface area contributed by atoms with Gasteiger partial charge in [-0.05, 0) is 58.8 Å². The van der Waals surface area contributed by atoms with Crippen LogP contribution in [0, 0.1) is 0 Å². The van der Waals surface area contributed by atoms with Gasteiger partial charge in [-0.1, -0.05) is 12.2 Å². The highest BCUT2D eigenvalue weighted by molar-refractivity contribution is 7.80. The summed E-state index contributed by atoms with van der Waals surface area (Å²) >= 11 is 5.26. The van der Waals surface area contributed by atoms with Gasteiger partial charge in [0.15, 0.2) is 0 Å². The van der Waals surface area contributed by atoms with Crippen molar-refractivity contribution in [2.45, 2.75) is 39.2 Å². The minimum absolute atomic E-state index is 0.366. The lowest BCUT2D eigenvalue weighted by Crippen LogP contribution is -2.41. The number of thiocarbonyl (C=S) groups is 1. The van der Waals surface area contributed by atoms with Crippen LogP contribution in [0.3, 0.4) is 0 Å². The molecule has 2 N–H and O–H groups in total. The van der Waals surface area contributed by atoms with Gasteiger partial charge in [0.25, 0.3) is 0 Å². The van der Waals surface area contributed by atoms with E-state index in [1.807, 2.05) is 0 Å². The smallest absolute Gasteiger partial charge is 0.139 e. The van der Waals surface area contributed by atoms with Crippen molar-refractivity contribution in [3.05, 3.63) is 22.9 Å². The van der Waals surface area contributed by atoms with Crippen LogP contribution in [0.5, 0.6) is 0 Å². The molecule has 0 bridgehead atoms. The van der Waals surface area contributed by atoms with E-state index in [0.717, 1.165) is 37.3 Å². The Labute approximate surface area is 133 Å². The van der Waals surface area contributed by atoms with Gasteiger partial charge in [0.05, 0.1) is 5.56 Å². The second kappa shape index (κ2) is 6.71. The van der Waals surface area contributed by atoms with E-state index in [1.165, 1.54) is 17.7 Å². The first kappa shape index (κ1) is 16.2. The lowest BCUT2D eigenvalue weighted by atomic mass is 10.1. The molecule has 21 heavy (non-hydrogen) atoms. The molecule has 0 fully saturated rings. The number of fused-ring (bicyclic) bond motifs is 1. The molecule has 5 heteroatoms. The third-order valence-electron chi connectivity index (χ3n) is 4.07. The largest absolute Gasteiger partial charge is 0.389 e. The topological polar surface area (TPSA) is 45.4 Å². The van der Waals surface area contributed by atoms with Crippen LogP contribution < -0.4 is 10.6 Å². The number of aryl methyl sites for hydroxylation is 2. The van der Waals surface area contributed by atoms with Crippen LogP contribution in [0.15, 0.2) is 6.07 Å². The fraction of sp³-hybridized carbons (Fsp3) is 0.625. The predicted octanol–water partition coefficient (Wildman–Crippen LogP) is 1.98. The summed E-state index contributed by atoms with van der Waals surface area (Å²) in [5.41, 5.74) is 9.43. The molecule has 1 unspecified atom stereocenters. The summed E-state index contributed by atoms with van der Waals surface area (Å²) in [6, 6.07) is 2.53. The standard InChI is InChI=1S/C16H26N4S/c1-5-20(11(2)10-19(3)4)16-13(15(17)21)9-12-7-6-8-14(12)18-16/h9,11H,5-8,10H2,1-4H3,(H2,17,21). The molecule has 0 spiro atoms. The van der Waals surface area contributed by atoms with Gasteiger partial charge in [-0.15, -0.1) is 0 Å². The first-order valence-corrected chi connectivity index (χ1v) is 8.08. The van der Waals surface area contributed by atoms with Crippen LogP contribution in [0.1, 0.15) is 37.1 Å². The van der Waals surface area contributed by atoms with Gasteiger partial charge in [0.2, 0.25) is 0 Å². The Bertz CT molecular complexity index is 527. The molecule has 0 saturated carbocycles. The quantitative estimate of drug-likeness (QED) is 0.814. The van der Waals surface area contributed by atoms with Crippen LogP contribution >= 0.6 is 12.2 Å². The van der Waals surface area contributed by atoms with Crippen LogP contribution in [0.2, 0.25) is 0 Å². The highest BCUT2D eigenvalue weighted by Gasteiger charge is 2.23. The van der Waals surface area contributed by atoms with E-state index in [2.05, 4.69) is 43.8 Å². The lowest BCUT2D eigenvalue weighted by molar-refractivity contribution is 0.372. The SMILES string of the molecule is CCN(c1nc2c(cc1C(N)=S)CCC2)C(C)CN(C)C. The first-order valence-electron chi connectivity index (χ1n) is 7.68. The van der Waals surface area contributed by atoms with Crippen molar-refractivity contribution in [2.24, 2.45) is 5.73 Å². The number of hydrogen-bond acceptors (Lipinski definition) is 4. The number of nitrogens with zero attached hydrogens (tertiary/aromatic N) is 3. The summed E-state index contributed by atoms with van der Waals surface area (Å²) in [5.74, 6) is 0.958. The summed E-state index contributed by atoms with van der Waals surface area (Å²) in [6.45, 7) is 6.26. The van der Waals surface area contributed by atoms with Crippen molar-refractivity contribution in [1.29, 1.82) is 0 Å². The monoisotopic (exact) mass is 306 g/mol. The third-order valence-corrected chi connectivity index (χ3v) is 4.29. The average Bonchev–Trinajstić information content (AvgIpc) is 2.84. The summed E-state index contributed by atoms with van der Waals surface area (Å²) in [4.78, 5) is 9.87. The molecule has 1 aliphatic rings. The molecular formula is C16H26N4S. The molecule has 0 amide bonds. The van der Waals surface area contributed by atoms with Gasteiger partial charge in [-0.25, -0.2) is 4.98 Å². The van der Waals surface area contributed by atoms with Crippen molar-refractivity contribution in [1.82, 2.24) is 9.88 Å². The van der Waals surface area contributed by atoms with Gasteiger partial charge in [-0.2, -0.15) is 0 Å². The highest BCUT2D eigenvalue weighted by Crippen LogP contribution is 2.28. The fourth-order valence-corrected chi connectivity index (χ4v) is 3.31. The average molecular weight is 306 g/mol. The Morgan fingerprint density at radius 2 is 2.14 bits per heavy atom. The van der Waals surface area contributed by atoms with E-state index in [9.17, 15) is 0 Å². The van der Waals surface area contributed by atoms with Crippen molar-refractivity contribution in [3.8, 4) is 0 Å². The molecule has 0 radical (unpaired) electrons. The Balaban J connectivity index is 2.42. The number of hydrogen-bond donors (Lipinski definition) is 1. The number of aromatic nitrogens is 1. The van der Waals surface area contributed by atoms with Gasteiger partial charge in [-0.3, -0.25) is 0 Å². The lowest BCUT2D eigenvalue weighted by Gasteiger charge is -2.32. The summed E-state index contributed by atoms with van der Waals surface area (Å²) in [5, 5.41) is 0. The van der Waals surface area contributed by atoms with Gasteiger partial charge >= 0.3 is 0 Å². The Kier molecular flexibility index (Phi) is 5.17. The van der Waals surface area contributed by atoms with Crippen LogP contribution in [-0.4, -0.2) is 48.1 Å². The maximum absolute atomic E-state index is 5.96. The molecule has 0 aliphatic heterocycles. The molecule has 0 aromatic carbocycles. The molecule has 1 atom stereocenters. The second-order valence-electron chi connectivity index (χ2n) is 6.08. The van der Waals surface area contributed by atoms with E-state index < -0.39 is 0 Å². The molecule has 1 heterocycles. The predicted molar refractivity (Wildman–Crippen MR) is 93.2 cm³/mol. The molecule has 1 aromatic heterocycles. The maximum Gasteiger partial charge on any atom is 0.139 e. The molecule has 4 nitrogen and oxygen atoms in total. The van der Waals surface area contributed by atoms with Gasteiger partial charge in [0, 0.05) is 24.8 Å². The second-order valence-corrected chi connectivity index (χ2v) is 6.52. The molecule has 1 aliphatic carbocycles. The number of likely N-dealkylation sites (N-methyl/N-ethyl adjacent to an activating group) is 2. The summed E-state index contributed by atoms with van der Waals surface area (Å²) < 4.78 is 0. The van der Waals surface area contributed by atoms with Crippen molar-refractivity contribution in [2.75, 3.05) is 32.1 Å². The van der Waals surface area contributed by atoms with E-state index in [1.54, 1.807) is 0 Å². The third kappa shape index (κ3) is 3.52. The van der Waals surface area contributed by atoms with Gasteiger partial charge < -0.3 is 15.5 Å². The molecule has 116 valence electrons. The van der Waals surface area contributed by atoms with Crippen LogP contribution in [0.25, 0.3) is 0 Å². The minimum Gasteiger partial charge on any atom is -0.389 e. The number of pyridine rings is 1. The summed E-state index contributed by atoms with van der Waals surface area (Å²) in [7, 11) is 4.18. The number of nitrogens with two attached hydrogens (primary N) is 1. The Morgan fingerprint density at radius 1 is 1.43 bits per heavy atom.